The molecule has 0 aliphatic carbocycles. The van der Waals surface area contributed by atoms with Gasteiger partial charge in [0.15, 0.2) is 5.90 Å². The highest BCUT2D eigenvalue weighted by molar-refractivity contribution is 6.02. The van der Waals surface area contributed by atoms with Crippen LogP contribution in [0.2, 0.25) is 0 Å². The number of aromatic amines is 1. The summed E-state index contributed by atoms with van der Waals surface area (Å²) in [7, 11) is 2.14. The molecule has 194 valence electrons. The highest BCUT2D eigenvalue weighted by Gasteiger charge is 2.29. The van der Waals surface area contributed by atoms with Crippen molar-refractivity contribution in [3.63, 3.8) is 0 Å². The number of hydrogen-bond acceptors (Lipinski definition) is 7. The molecule has 1 amide bonds. The number of fused-ring (bicyclic) bond motifs is 2. The first kappa shape index (κ1) is 23.8. The van der Waals surface area contributed by atoms with Crippen LogP contribution in [-0.4, -0.2) is 75.3 Å². The fourth-order valence-electron chi connectivity index (χ4n) is 5.36. The molecule has 9 nitrogen and oxygen atoms in total. The zero-order chi connectivity index (χ0) is 25.7. The van der Waals surface area contributed by atoms with Crippen LogP contribution < -0.4 is 4.74 Å². The Labute approximate surface area is 216 Å². The van der Waals surface area contributed by atoms with Gasteiger partial charge in [0.25, 0.3) is 5.91 Å². The van der Waals surface area contributed by atoms with Gasteiger partial charge in [0.1, 0.15) is 24.2 Å². The molecule has 4 heterocycles. The third-order valence-electron chi connectivity index (χ3n) is 7.48. The fourth-order valence-corrected chi connectivity index (χ4v) is 5.36. The lowest BCUT2D eigenvalue weighted by Crippen LogP contribution is -2.35. The second kappa shape index (κ2) is 9.06. The number of amides is 1. The minimum Gasteiger partial charge on any atom is -0.507 e. The maximum absolute atomic E-state index is 13.5. The molecule has 1 fully saturated rings. The van der Waals surface area contributed by atoms with E-state index in [1.807, 2.05) is 26.0 Å². The summed E-state index contributed by atoms with van der Waals surface area (Å²) in [6.45, 7) is 7.66. The first-order valence-corrected chi connectivity index (χ1v) is 12.9. The molecule has 2 aromatic carbocycles. The molecule has 3 aromatic rings. The second-order valence-electron chi connectivity index (χ2n) is 11.1. The van der Waals surface area contributed by atoms with E-state index in [0.29, 0.717) is 37.5 Å². The normalized spacial score (nSPS) is 19.6. The van der Waals surface area contributed by atoms with Gasteiger partial charge in [-0.25, -0.2) is 4.99 Å². The number of rotatable bonds is 5. The van der Waals surface area contributed by atoms with E-state index in [1.54, 1.807) is 17.0 Å². The van der Waals surface area contributed by atoms with Crippen LogP contribution in [0, 0.1) is 0 Å². The number of aromatic hydroxyl groups is 1. The second-order valence-corrected chi connectivity index (χ2v) is 11.1. The summed E-state index contributed by atoms with van der Waals surface area (Å²) in [4.78, 5) is 22.2. The van der Waals surface area contributed by atoms with Gasteiger partial charge in [-0.1, -0.05) is 6.07 Å². The minimum atomic E-state index is -0.243. The van der Waals surface area contributed by atoms with Crippen molar-refractivity contribution in [2.75, 3.05) is 26.7 Å². The molecular formula is C28H33N5O4. The van der Waals surface area contributed by atoms with Crippen LogP contribution in [-0.2, 0) is 24.2 Å². The standard InChI is InChI=1S/C28H33N5O4/c1-28(2)16-36-26(29-28)13-24-21-11-22(25(34)12-23(21)30-31-24)27(35)33-14-17-4-5-20(10-18(17)15-33)37-19-6-8-32(3)9-7-19/h4-5,10-12,19,34H,6-9,13-16H2,1-3H3,(H,30,31). The van der Waals surface area contributed by atoms with Crippen LogP contribution in [0.5, 0.6) is 11.5 Å². The molecule has 1 aromatic heterocycles. The molecule has 9 heteroatoms. The number of phenolic OH excluding ortho intramolecular Hbond substituents is 1. The maximum Gasteiger partial charge on any atom is 0.258 e. The third kappa shape index (κ3) is 4.75. The number of aromatic nitrogens is 2. The number of aliphatic imine (C=N–C) groups is 1. The number of nitrogens with zero attached hydrogens (tertiary/aromatic N) is 4. The van der Waals surface area contributed by atoms with E-state index in [4.69, 9.17) is 9.47 Å². The molecule has 3 aliphatic heterocycles. The van der Waals surface area contributed by atoms with E-state index in [2.05, 4.69) is 33.2 Å². The Hall–Kier alpha value is -3.59. The molecule has 3 aliphatic rings. The van der Waals surface area contributed by atoms with Gasteiger partial charge >= 0.3 is 0 Å². The first-order chi connectivity index (χ1) is 17.7. The summed E-state index contributed by atoms with van der Waals surface area (Å²) < 4.78 is 12.0. The van der Waals surface area contributed by atoms with Crippen LogP contribution in [0.1, 0.15) is 53.9 Å². The number of ether oxygens (including phenoxy) is 2. The lowest BCUT2D eigenvalue weighted by molar-refractivity contribution is 0.0748. The molecule has 0 unspecified atom stereocenters. The Morgan fingerprint density at radius 1 is 1.19 bits per heavy atom. The molecular weight excluding hydrogens is 470 g/mol. The van der Waals surface area contributed by atoms with Gasteiger partial charge in [-0.15, -0.1) is 0 Å². The molecule has 0 bridgehead atoms. The maximum atomic E-state index is 13.5. The number of carbonyl (C=O) groups is 1. The Bertz CT molecular complexity index is 1390. The SMILES string of the molecule is CN1CCC(Oc2ccc3c(c2)CN(C(=O)c2cc4c(CC5=NC(C)(C)CO5)[nH]nc4cc2O)C3)CC1. The van der Waals surface area contributed by atoms with Crippen LogP contribution in [0.3, 0.4) is 0 Å². The zero-order valence-corrected chi connectivity index (χ0v) is 21.6. The van der Waals surface area contributed by atoms with Crippen molar-refractivity contribution in [1.82, 2.24) is 20.0 Å². The minimum absolute atomic E-state index is 0.0756. The number of phenols is 1. The third-order valence-corrected chi connectivity index (χ3v) is 7.48. The van der Waals surface area contributed by atoms with E-state index >= 15 is 0 Å². The molecule has 0 radical (unpaired) electrons. The Kier molecular flexibility index (Phi) is 5.82. The highest BCUT2D eigenvalue weighted by atomic mass is 16.5. The largest absolute Gasteiger partial charge is 0.507 e. The number of piperidine rings is 1. The predicted molar refractivity (Wildman–Crippen MR) is 140 cm³/mol. The summed E-state index contributed by atoms with van der Waals surface area (Å²) in [6, 6.07) is 9.38. The van der Waals surface area contributed by atoms with Crippen molar-refractivity contribution in [3.05, 3.63) is 52.7 Å². The number of H-pyrrole nitrogens is 1. The summed E-state index contributed by atoms with van der Waals surface area (Å²) >= 11 is 0. The monoisotopic (exact) mass is 503 g/mol. The van der Waals surface area contributed by atoms with Crippen molar-refractivity contribution < 1.29 is 19.4 Å². The summed E-state index contributed by atoms with van der Waals surface area (Å²) in [5, 5.41) is 18.8. The molecule has 1 saturated heterocycles. The summed E-state index contributed by atoms with van der Waals surface area (Å²) in [5.41, 5.74) is 3.62. The van der Waals surface area contributed by atoms with Gasteiger partial charge in [0.2, 0.25) is 0 Å². The predicted octanol–water partition coefficient (Wildman–Crippen LogP) is 3.65. The first-order valence-electron chi connectivity index (χ1n) is 12.9. The topological polar surface area (TPSA) is 103 Å². The van der Waals surface area contributed by atoms with E-state index in [9.17, 15) is 9.90 Å². The average molecular weight is 504 g/mol. The fraction of sp³-hybridized carbons (Fsp3) is 0.464. The molecule has 37 heavy (non-hydrogen) atoms. The lowest BCUT2D eigenvalue weighted by Gasteiger charge is -2.29. The molecule has 0 atom stereocenters. The van der Waals surface area contributed by atoms with Crippen molar-refractivity contribution in [3.8, 4) is 11.5 Å². The Balaban J connectivity index is 1.19. The van der Waals surface area contributed by atoms with Crippen LogP contribution in [0.25, 0.3) is 10.9 Å². The molecule has 6 rings (SSSR count). The van der Waals surface area contributed by atoms with Gasteiger partial charge in [0.05, 0.1) is 28.7 Å². The van der Waals surface area contributed by atoms with E-state index < -0.39 is 0 Å². The Morgan fingerprint density at radius 2 is 1.97 bits per heavy atom. The van der Waals surface area contributed by atoms with Crippen LogP contribution in [0.4, 0.5) is 0 Å². The van der Waals surface area contributed by atoms with Gasteiger partial charge in [-0.3, -0.25) is 9.89 Å². The van der Waals surface area contributed by atoms with Crippen LogP contribution in [0.15, 0.2) is 35.3 Å². The quantitative estimate of drug-likeness (QED) is 0.551. The zero-order valence-electron chi connectivity index (χ0n) is 21.6. The van der Waals surface area contributed by atoms with Crippen molar-refractivity contribution >= 4 is 22.7 Å². The Morgan fingerprint density at radius 3 is 2.73 bits per heavy atom. The lowest BCUT2D eigenvalue weighted by atomic mass is 10.1. The molecule has 0 saturated carbocycles. The van der Waals surface area contributed by atoms with Gasteiger partial charge < -0.3 is 24.4 Å². The van der Waals surface area contributed by atoms with Crippen molar-refractivity contribution in [2.24, 2.45) is 4.99 Å². The van der Waals surface area contributed by atoms with Gasteiger partial charge in [-0.05, 0) is 63.1 Å². The van der Waals surface area contributed by atoms with Gasteiger partial charge in [0, 0.05) is 37.6 Å². The van der Waals surface area contributed by atoms with Crippen molar-refractivity contribution in [1.29, 1.82) is 0 Å². The highest BCUT2D eigenvalue weighted by Crippen LogP contribution is 2.33. The van der Waals surface area contributed by atoms with Gasteiger partial charge in [-0.2, -0.15) is 5.10 Å². The number of benzene rings is 2. The number of nitrogens with one attached hydrogen (secondary N) is 1. The molecule has 0 spiro atoms. The number of carbonyl (C=O) groups excluding carboxylic acids is 1. The van der Waals surface area contributed by atoms with E-state index in [-0.39, 0.29) is 28.9 Å². The number of hydrogen-bond donors (Lipinski definition) is 2. The number of likely N-dealkylation sites (tertiary alicyclic amines) is 1. The smallest absolute Gasteiger partial charge is 0.258 e. The van der Waals surface area contributed by atoms with E-state index in [0.717, 1.165) is 53.9 Å². The average Bonchev–Trinajstić information content (AvgIpc) is 3.56. The summed E-state index contributed by atoms with van der Waals surface area (Å²) in [6.07, 6.45) is 2.72. The molecule has 2 N–H and O–H groups in total. The van der Waals surface area contributed by atoms with E-state index in [1.165, 1.54) is 0 Å². The van der Waals surface area contributed by atoms with Crippen LogP contribution >= 0.6 is 0 Å². The summed E-state index contributed by atoms with van der Waals surface area (Å²) in [5.74, 6) is 1.21. The van der Waals surface area contributed by atoms with Crippen molar-refractivity contribution in [2.45, 2.75) is 57.8 Å².